The summed E-state index contributed by atoms with van der Waals surface area (Å²) in [5, 5.41) is 0. The molecular formula is C19H18N2O3. The van der Waals surface area contributed by atoms with Gasteiger partial charge in [0.2, 0.25) is 5.78 Å². The number of ketones is 1. The average molecular weight is 322 g/mol. The topological polar surface area (TPSA) is 60.7 Å². The number of carbonyl (C=O) groups is 2. The Hall–Kier alpha value is -2.95. The van der Waals surface area contributed by atoms with Crippen LogP contribution in [0.25, 0.3) is 5.65 Å². The lowest BCUT2D eigenvalue weighted by Gasteiger charge is -2.05. The Kier molecular flexibility index (Phi) is 4.70. The SMILES string of the molecule is CCOC(=O)CCc1nc2ccccn2c1C(=O)c1ccccc1. The second-order valence-electron chi connectivity index (χ2n) is 5.34. The zero-order chi connectivity index (χ0) is 16.9. The molecule has 0 fully saturated rings. The van der Waals surface area contributed by atoms with Gasteiger partial charge in [0.1, 0.15) is 11.3 Å². The molecule has 3 aromatic rings. The van der Waals surface area contributed by atoms with Crippen molar-refractivity contribution in [2.45, 2.75) is 19.8 Å². The maximum atomic E-state index is 12.9. The van der Waals surface area contributed by atoms with Crippen LogP contribution in [0.5, 0.6) is 0 Å². The summed E-state index contributed by atoms with van der Waals surface area (Å²) in [4.78, 5) is 29.1. The standard InChI is InChI=1S/C19H18N2O3/c1-2-24-17(22)12-11-15-18(19(23)14-8-4-3-5-9-14)21-13-7-6-10-16(21)20-15/h3-10,13H,2,11-12H2,1H3. The van der Waals surface area contributed by atoms with Gasteiger partial charge in [-0.05, 0) is 19.1 Å². The highest BCUT2D eigenvalue weighted by atomic mass is 16.5. The van der Waals surface area contributed by atoms with Gasteiger partial charge in [-0.3, -0.25) is 14.0 Å². The summed E-state index contributed by atoms with van der Waals surface area (Å²) >= 11 is 0. The summed E-state index contributed by atoms with van der Waals surface area (Å²) in [6, 6.07) is 14.6. The van der Waals surface area contributed by atoms with E-state index in [1.54, 1.807) is 23.5 Å². The lowest BCUT2D eigenvalue weighted by atomic mass is 10.0. The van der Waals surface area contributed by atoms with E-state index in [1.165, 1.54) is 0 Å². The number of aryl methyl sites for hydroxylation is 1. The fraction of sp³-hybridized carbons (Fsp3) is 0.211. The third-order valence-corrected chi connectivity index (χ3v) is 3.72. The van der Waals surface area contributed by atoms with Gasteiger partial charge in [-0.25, -0.2) is 4.98 Å². The van der Waals surface area contributed by atoms with Gasteiger partial charge in [0.05, 0.1) is 18.7 Å². The fourth-order valence-corrected chi connectivity index (χ4v) is 2.64. The minimum Gasteiger partial charge on any atom is -0.466 e. The van der Waals surface area contributed by atoms with Gasteiger partial charge in [0, 0.05) is 18.2 Å². The van der Waals surface area contributed by atoms with Gasteiger partial charge >= 0.3 is 5.97 Å². The van der Waals surface area contributed by atoms with Crippen molar-refractivity contribution in [3.05, 3.63) is 71.7 Å². The molecule has 0 saturated heterocycles. The number of hydrogen-bond donors (Lipinski definition) is 0. The fourth-order valence-electron chi connectivity index (χ4n) is 2.64. The summed E-state index contributed by atoms with van der Waals surface area (Å²) in [7, 11) is 0. The molecule has 122 valence electrons. The number of fused-ring (bicyclic) bond motifs is 1. The van der Waals surface area contributed by atoms with E-state index in [-0.39, 0.29) is 18.2 Å². The van der Waals surface area contributed by atoms with E-state index in [0.717, 1.165) is 0 Å². The second kappa shape index (κ2) is 7.08. The highest BCUT2D eigenvalue weighted by Crippen LogP contribution is 2.18. The second-order valence-corrected chi connectivity index (χ2v) is 5.34. The summed E-state index contributed by atoms with van der Waals surface area (Å²) < 4.78 is 6.74. The van der Waals surface area contributed by atoms with E-state index >= 15 is 0 Å². The number of pyridine rings is 1. The Morgan fingerprint density at radius 3 is 2.58 bits per heavy atom. The minimum atomic E-state index is -0.285. The summed E-state index contributed by atoms with van der Waals surface area (Å²) in [5.74, 6) is -0.388. The molecule has 0 saturated carbocycles. The molecule has 3 rings (SSSR count). The van der Waals surface area contributed by atoms with Crippen molar-refractivity contribution in [2.75, 3.05) is 6.61 Å². The van der Waals surface area contributed by atoms with Gasteiger partial charge in [-0.1, -0.05) is 36.4 Å². The van der Waals surface area contributed by atoms with Crippen molar-refractivity contribution in [3.8, 4) is 0 Å². The summed E-state index contributed by atoms with van der Waals surface area (Å²) in [6.45, 7) is 2.12. The molecule has 1 aromatic carbocycles. The van der Waals surface area contributed by atoms with Crippen molar-refractivity contribution >= 4 is 17.4 Å². The van der Waals surface area contributed by atoms with Gasteiger partial charge in [-0.15, -0.1) is 0 Å². The first kappa shape index (κ1) is 15.9. The minimum absolute atomic E-state index is 0.104. The number of carbonyl (C=O) groups excluding carboxylic acids is 2. The lowest BCUT2D eigenvalue weighted by molar-refractivity contribution is -0.143. The van der Waals surface area contributed by atoms with Crippen molar-refractivity contribution in [1.29, 1.82) is 0 Å². The predicted molar refractivity (Wildman–Crippen MR) is 90.0 cm³/mol. The number of nitrogens with zero attached hydrogens (tertiary/aromatic N) is 2. The van der Waals surface area contributed by atoms with Crippen LogP contribution in [0.2, 0.25) is 0 Å². The van der Waals surface area contributed by atoms with Crippen LogP contribution >= 0.6 is 0 Å². The number of imidazole rings is 1. The smallest absolute Gasteiger partial charge is 0.306 e. The van der Waals surface area contributed by atoms with Gasteiger partial charge in [0.25, 0.3) is 0 Å². The van der Waals surface area contributed by atoms with Crippen LogP contribution in [-0.2, 0) is 16.0 Å². The Labute approximate surface area is 139 Å². The molecule has 24 heavy (non-hydrogen) atoms. The zero-order valence-corrected chi connectivity index (χ0v) is 13.4. The molecule has 2 aromatic heterocycles. The molecule has 2 heterocycles. The van der Waals surface area contributed by atoms with Crippen molar-refractivity contribution in [2.24, 2.45) is 0 Å². The van der Waals surface area contributed by atoms with Crippen molar-refractivity contribution in [1.82, 2.24) is 9.38 Å². The van der Waals surface area contributed by atoms with Gasteiger partial charge < -0.3 is 4.74 Å². The van der Waals surface area contributed by atoms with Crippen molar-refractivity contribution in [3.63, 3.8) is 0 Å². The third-order valence-electron chi connectivity index (χ3n) is 3.72. The first-order valence-electron chi connectivity index (χ1n) is 7.92. The Morgan fingerprint density at radius 1 is 1.08 bits per heavy atom. The summed E-state index contributed by atoms with van der Waals surface area (Å²) in [6.07, 6.45) is 2.38. The Bertz CT molecular complexity index is 869. The van der Waals surface area contributed by atoms with Crippen LogP contribution < -0.4 is 0 Å². The quantitative estimate of drug-likeness (QED) is 0.517. The number of benzene rings is 1. The number of aromatic nitrogens is 2. The van der Waals surface area contributed by atoms with Crippen LogP contribution in [0.15, 0.2) is 54.7 Å². The van der Waals surface area contributed by atoms with E-state index in [4.69, 9.17) is 4.74 Å². The lowest BCUT2D eigenvalue weighted by Crippen LogP contribution is -2.10. The normalized spacial score (nSPS) is 10.7. The molecule has 0 aliphatic rings. The monoisotopic (exact) mass is 322 g/mol. The molecule has 5 nitrogen and oxygen atoms in total. The largest absolute Gasteiger partial charge is 0.466 e. The molecule has 0 aliphatic carbocycles. The van der Waals surface area contributed by atoms with E-state index < -0.39 is 0 Å². The molecular weight excluding hydrogens is 304 g/mol. The number of ether oxygens (including phenoxy) is 1. The molecule has 5 heteroatoms. The van der Waals surface area contributed by atoms with Crippen LogP contribution in [0.4, 0.5) is 0 Å². The third kappa shape index (κ3) is 3.20. The van der Waals surface area contributed by atoms with Gasteiger partial charge in [0.15, 0.2) is 0 Å². The molecule has 0 spiro atoms. The number of hydrogen-bond acceptors (Lipinski definition) is 4. The highest BCUT2D eigenvalue weighted by molar-refractivity contribution is 6.09. The summed E-state index contributed by atoms with van der Waals surface area (Å²) in [5.41, 5.74) is 2.40. The zero-order valence-electron chi connectivity index (χ0n) is 13.4. The average Bonchev–Trinajstić information content (AvgIpc) is 2.99. The van der Waals surface area contributed by atoms with Crippen LogP contribution in [0.1, 0.15) is 35.1 Å². The van der Waals surface area contributed by atoms with Crippen molar-refractivity contribution < 1.29 is 14.3 Å². The molecule has 0 amide bonds. The maximum absolute atomic E-state index is 12.9. The molecule has 0 radical (unpaired) electrons. The van der Waals surface area contributed by atoms with E-state index in [1.807, 2.05) is 42.6 Å². The first-order valence-corrected chi connectivity index (χ1v) is 7.92. The molecule has 0 N–H and O–H groups in total. The highest BCUT2D eigenvalue weighted by Gasteiger charge is 2.21. The first-order chi connectivity index (χ1) is 11.7. The number of esters is 1. The van der Waals surface area contributed by atoms with E-state index in [2.05, 4.69) is 4.98 Å². The van der Waals surface area contributed by atoms with Gasteiger partial charge in [-0.2, -0.15) is 0 Å². The Morgan fingerprint density at radius 2 is 1.83 bits per heavy atom. The van der Waals surface area contributed by atoms with E-state index in [0.29, 0.717) is 35.6 Å². The van der Waals surface area contributed by atoms with Crippen LogP contribution in [-0.4, -0.2) is 27.7 Å². The predicted octanol–water partition coefficient (Wildman–Crippen LogP) is 3.06. The van der Waals surface area contributed by atoms with Crippen LogP contribution in [0, 0.1) is 0 Å². The maximum Gasteiger partial charge on any atom is 0.306 e. The molecule has 0 aliphatic heterocycles. The van der Waals surface area contributed by atoms with E-state index in [9.17, 15) is 9.59 Å². The molecule has 0 unspecified atom stereocenters. The number of rotatable bonds is 6. The molecule has 0 bridgehead atoms. The van der Waals surface area contributed by atoms with Crippen LogP contribution in [0.3, 0.4) is 0 Å². The molecule has 0 atom stereocenters. The Balaban J connectivity index is 1.99.